The van der Waals surface area contributed by atoms with Crippen molar-refractivity contribution in [3.8, 4) is 5.75 Å². The van der Waals surface area contributed by atoms with E-state index in [1.165, 1.54) is 42.4 Å². The summed E-state index contributed by atoms with van der Waals surface area (Å²) < 4.78 is 5.43. The Morgan fingerprint density at radius 2 is 1.93 bits per heavy atom. The molecule has 0 radical (unpaired) electrons. The average molecular weight is 205 g/mol. The van der Waals surface area contributed by atoms with Gasteiger partial charge in [0.15, 0.2) is 0 Å². The summed E-state index contributed by atoms with van der Waals surface area (Å²) >= 11 is 0. The van der Waals surface area contributed by atoms with E-state index >= 15 is 0 Å². The molecule has 15 heavy (non-hydrogen) atoms. The Hall–Kier alpha value is -1.02. The molecule has 0 aromatic heterocycles. The number of methoxy groups -OCH3 is 1. The van der Waals surface area contributed by atoms with E-state index in [9.17, 15) is 0 Å². The van der Waals surface area contributed by atoms with E-state index in [-0.39, 0.29) is 0 Å². The summed E-state index contributed by atoms with van der Waals surface area (Å²) in [7, 11) is 3.77. The van der Waals surface area contributed by atoms with Crippen LogP contribution in [0.2, 0.25) is 0 Å². The van der Waals surface area contributed by atoms with Gasteiger partial charge < -0.3 is 10.1 Å². The lowest BCUT2D eigenvalue weighted by atomic mass is 9.87. The number of hydrogen-bond donors (Lipinski definition) is 1. The van der Waals surface area contributed by atoms with Gasteiger partial charge in [-0.25, -0.2) is 0 Å². The molecule has 82 valence electrons. The van der Waals surface area contributed by atoms with Crippen LogP contribution in [0.5, 0.6) is 5.75 Å². The molecule has 1 aromatic carbocycles. The van der Waals surface area contributed by atoms with Crippen molar-refractivity contribution < 1.29 is 4.74 Å². The first-order valence-electron chi connectivity index (χ1n) is 5.69. The topological polar surface area (TPSA) is 21.3 Å². The largest absolute Gasteiger partial charge is 0.496 e. The third-order valence-electron chi connectivity index (χ3n) is 3.18. The van der Waals surface area contributed by atoms with E-state index in [2.05, 4.69) is 17.4 Å². The Balaban J connectivity index is 2.42. The van der Waals surface area contributed by atoms with Crippen LogP contribution < -0.4 is 10.1 Å². The third kappa shape index (κ3) is 2.00. The second-order valence-electron chi connectivity index (χ2n) is 4.12. The highest BCUT2D eigenvalue weighted by Gasteiger charge is 2.16. The van der Waals surface area contributed by atoms with Gasteiger partial charge in [-0.15, -0.1) is 0 Å². The van der Waals surface area contributed by atoms with Gasteiger partial charge in [0.25, 0.3) is 0 Å². The highest BCUT2D eigenvalue weighted by Crippen LogP contribution is 2.31. The summed E-state index contributed by atoms with van der Waals surface area (Å²) in [4.78, 5) is 0. The molecule has 0 saturated heterocycles. The molecule has 0 saturated carbocycles. The fourth-order valence-electron chi connectivity index (χ4n) is 2.46. The Morgan fingerprint density at radius 1 is 1.20 bits per heavy atom. The molecule has 0 aliphatic heterocycles. The van der Waals surface area contributed by atoms with Crippen LogP contribution in [0.1, 0.15) is 29.5 Å². The van der Waals surface area contributed by atoms with Crippen LogP contribution in [-0.2, 0) is 19.4 Å². The molecule has 1 N–H and O–H groups in total. The Kier molecular flexibility index (Phi) is 3.27. The SMILES string of the molecule is CNCc1ccc(OC)c2c1CCCC2. The second kappa shape index (κ2) is 4.67. The van der Waals surface area contributed by atoms with Gasteiger partial charge >= 0.3 is 0 Å². The first-order valence-corrected chi connectivity index (χ1v) is 5.69. The molecular weight excluding hydrogens is 186 g/mol. The third-order valence-corrected chi connectivity index (χ3v) is 3.18. The van der Waals surface area contributed by atoms with Crippen molar-refractivity contribution in [2.24, 2.45) is 0 Å². The molecule has 0 unspecified atom stereocenters. The summed E-state index contributed by atoms with van der Waals surface area (Å²) in [5.41, 5.74) is 4.40. The zero-order chi connectivity index (χ0) is 10.7. The molecule has 0 spiro atoms. The Bertz CT molecular complexity index is 347. The number of rotatable bonds is 3. The summed E-state index contributed by atoms with van der Waals surface area (Å²) in [6, 6.07) is 4.30. The molecular formula is C13H19NO. The molecule has 0 heterocycles. The molecule has 2 rings (SSSR count). The molecule has 1 aliphatic carbocycles. The van der Waals surface area contributed by atoms with Gasteiger partial charge in [0, 0.05) is 6.54 Å². The quantitative estimate of drug-likeness (QED) is 0.817. The molecule has 2 nitrogen and oxygen atoms in total. The zero-order valence-corrected chi connectivity index (χ0v) is 9.60. The maximum absolute atomic E-state index is 5.43. The average Bonchev–Trinajstić information content (AvgIpc) is 2.30. The number of fused-ring (bicyclic) bond motifs is 1. The van der Waals surface area contributed by atoms with E-state index in [0.29, 0.717) is 0 Å². The standard InChI is InChI=1S/C13H19NO/c1-14-9-10-7-8-13(15-2)12-6-4-3-5-11(10)12/h7-8,14H,3-6,9H2,1-2H3. The van der Waals surface area contributed by atoms with Crippen LogP contribution >= 0.6 is 0 Å². The van der Waals surface area contributed by atoms with Crippen molar-refractivity contribution in [3.05, 3.63) is 28.8 Å². The lowest BCUT2D eigenvalue weighted by molar-refractivity contribution is 0.405. The Labute approximate surface area is 91.6 Å². The van der Waals surface area contributed by atoms with Crippen molar-refractivity contribution in [2.45, 2.75) is 32.2 Å². The van der Waals surface area contributed by atoms with Crippen molar-refractivity contribution in [1.82, 2.24) is 5.32 Å². The van der Waals surface area contributed by atoms with Crippen LogP contribution in [0, 0.1) is 0 Å². The second-order valence-corrected chi connectivity index (χ2v) is 4.12. The first kappa shape index (κ1) is 10.5. The number of nitrogens with one attached hydrogen (secondary N) is 1. The first-order chi connectivity index (χ1) is 7.36. The number of ether oxygens (including phenoxy) is 1. The molecule has 0 fully saturated rings. The van der Waals surface area contributed by atoms with E-state index in [4.69, 9.17) is 4.74 Å². The normalized spacial score (nSPS) is 14.8. The van der Waals surface area contributed by atoms with Gasteiger partial charge in [-0.1, -0.05) is 6.07 Å². The minimum atomic E-state index is 0.965. The Morgan fingerprint density at radius 3 is 2.60 bits per heavy atom. The molecule has 1 aromatic rings. The summed E-state index contributed by atoms with van der Waals surface area (Å²) in [6.07, 6.45) is 5.00. The molecule has 1 aliphatic rings. The molecule has 2 heteroatoms. The lowest BCUT2D eigenvalue weighted by Crippen LogP contribution is -2.13. The van der Waals surface area contributed by atoms with Gasteiger partial charge in [0.2, 0.25) is 0 Å². The minimum Gasteiger partial charge on any atom is -0.496 e. The highest BCUT2D eigenvalue weighted by molar-refractivity contribution is 5.46. The summed E-state index contributed by atoms with van der Waals surface area (Å²) in [5.74, 6) is 1.07. The molecule has 0 bridgehead atoms. The lowest BCUT2D eigenvalue weighted by Gasteiger charge is -2.21. The zero-order valence-electron chi connectivity index (χ0n) is 9.60. The van der Waals surface area contributed by atoms with E-state index < -0.39 is 0 Å². The van der Waals surface area contributed by atoms with Gasteiger partial charge in [-0.2, -0.15) is 0 Å². The van der Waals surface area contributed by atoms with Crippen LogP contribution in [0.25, 0.3) is 0 Å². The van der Waals surface area contributed by atoms with Crippen LogP contribution in [0.3, 0.4) is 0 Å². The van der Waals surface area contributed by atoms with Gasteiger partial charge in [0.1, 0.15) is 5.75 Å². The van der Waals surface area contributed by atoms with Crippen molar-refractivity contribution in [2.75, 3.05) is 14.2 Å². The predicted molar refractivity (Wildman–Crippen MR) is 62.4 cm³/mol. The van der Waals surface area contributed by atoms with Crippen LogP contribution in [0.15, 0.2) is 12.1 Å². The van der Waals surface area contributed by atoms with Gasteiger partial charge in [0.05, 0.1) is 7.11 Å². The fraction of sp³-hybridized carbons (Fsp3) is 0.538. The van der Waals surface area contributed by atoms with Crippen LogP contribution in [-0.4, -0.2) is 14.2 Å². The molecule has 0 amide bonds. The summed E-state index contributed by atoms with van der Waals surface area (Å²) in [5, 5.41) is 3.23. The van der Waals surface area contributed by atoms with E-state index in [0.717, 1.165) is 12.3 Å². The van der Waals surface area contributed by atoms with Crippen molar-refractivity contribution in [1.29, 1.82) is 0 Å². The van der Waals surface area contributed by atoms with Gasteiger partial charge in [-0.3, -0.25) is 0 Å². The molecule has 0 atom stereocenters. The van der Waals surface area contributed by atoms with Gasteiger partial charge in [-0.05, 0) is 55.5 Å². The maximum Gasteiger partial charge on any atom is 0.122 e. The monoisotopic (exact) mass is 205 g/mol. The van der Waals surface area contributed by atoms with E-state index in [1.54, 1.807) is 7.11 Å². The number of benzene rings is 1. The fourth-order valence-corrected chi connectivity index (χ4v) is 2.46. The van der Waals surface area contributed by atoms with Crippen LogP contribution in [0.4, 0.5) is 0 Å². The van der Waals surface area contributed by atoms with Crippen molar-refractivity contribution >= 4 is 0 Å². The summed E-state index contributed by atoms with van der Waals surface area (Å²) in [6.45, 7) is 0.965. The smallest absolute Gasteiger partial charge is 0.122 e. The van der Waals surface area contributed by atoms with Crippen molar-refractivity contribution in [3.63, 3.8) is 0 Å². The predicted octanol–water partition coefficient (Wildman–Crippen LogP) is 2.29. The maximum atomic E-state index is 5.43. The highest BCUT2D eigenvalue weighted by atomic mass is 16.5. The minimum absolute atomic E-state index is 0.965. The number of hydrogen-bond acceptors (Lipinski definition) is 2. The van der Waals surface area contributed by atoms with E-state index in [1.807, 2.05) is 7.05 Å².